The fourth-order valence-electron chi connectivity index (χ4n) is 2.25. The number of hydrogen-bond acceptors (Lipinski definition) is 4. The van der Waals surface area contributed by atoms with Gasteiger partial charge in [0.15, 0.2) is 0 Å². The molecule has 0 atom stereocenters. The van der Waals surface area contributed by atoms with Crippen LogP contribution in [0.25, 0.3) is 0 Å². The van der Waals surface area contributed by atoms with Gasteiger partial charge in [0.25, 0.3) is 10.0 Å². The van der Waals surface area contributed by atoms with Gasteiger partial charge in [-0.05, 0) is 23.1 Å². The monoisotopic (exact) mass is 362 g/mol. The molecule has 0 spiro atoms. The molecule has 1 amide bonds. The van der Waals surface area contributed by atoms with E-state index in [1.54, 1.807) is 6.07 Å². The predicted octanol–water partition coefficient (Wildman–Crippen LogP) is 3.06. The molecule has 0 aliphatic carbocycles. The van der Waals surface area contributed by atoms with Gasteiger partial charge in [0.2, 0.25) is 5.91 Å². The maximum atomic E-state index is 12.9. The smallest absolute Gasteiger partial charge is 0.324 e. The van der Waals surface area contributed by atoms with Crippen molar-refractivity contribution in [3.8, 4) is 0 Å². The van der Waals surface area contributed by atoms with Crippen molar-refractivity contribution in [3.05, 3.63) is 40.1 Å². The van der Waals surface area contributed by atoms with E-state index in [0.29, 0.717) is 16.9 Å². The second-order valence-corrected chi connectivity index (χ2v) is 7.35. The number of thiophene rings is 1. The predicted molar refractivity (Wildman–Crippen MR) is 78.9 cm³/mol. The van der Waals surface area contributed by atoms with Crippen LogP contribution in [-0.4, -0.2) is 14.3 Å². The molecule has 0 radical (unpaired) electrons. The van der Waals surface area contributed by atoms with Gasteiger partial charge in [-0.2, -0.15) is 13.2 Å². The average Bonchev–Trinajstić information content (AvgIpc) is 3.03. The number of fused-ring (bicyclic) bond motifs is 1. The van der Waals surface area contributed by atoms with Crippen molar-refractivity contribution in [2.75, 3.05) is 10.0 Å². The van der Waals surface area contributed by atoms with E-state index in [1.165, 1.54) is 12.1 Å². The molecule has 0 bridgehead atoms. The van der Waals surface area contributed by atoms with Crippen LogP contribution in [0.3, 0.4) is 0 Å². The fourth-order valence-corrected chi connectivity index (χ4v) is 4.65. The molecule has 3 rings (SSSR count). The van der Waals surface area contributed by atoms with E-state index in [4.69, 9.17) is 0 Å². The summed E-state index contributed by atoms with van der Waals surface area (Å²) in [7, 11) is -4.43. The highest BCUT2D eigenvalue weighted by atomic mass is 32.2. The van der Waals surface area contributed by atoms with Crippen molar-refractivity contribution < 1.29 is 26.4 Å². The molecule has 1 aliphatic heterocycles. The third-order valence-electron chi connectivity index (χ3n) is 3.19. The molecule has 2 N–H and O–H groups in total. The van der Waals surface area contributed by atoms with Gasteiger partial charge in [-0.15, -0.1) is 11.3 Å². The molecule has 2 aromatic rings. The second kappa shape index (κ2) is 5.24. The lowest BCUT2D eigenvalue weighted by Crippen LogP contribution is -2.17. The Labute approximate surface area is 133 Å². The van der Waals surface area contributed by atoms with E-state index in [2.05, 4.69) is 10.0 Å². The number of sulfonamides is 1. The minimum atomic E-state index is -4.76. The van der Waals surface area contributed by atoms with Crippen LogP contribution in [0.2, 0.25) is 0 Å². The largest absolute Gasteiger partial charge is 0.426 e. The molecule has 10 heteroatoms. The summed E-state index contributed by atoms with van der Waals surface area (Å²) in [6.07, 6.45) is -4.66. The van der Waals surface area contributed by atoms with E-state index in [1.807, 2.05) is 0 Å². The zero-order valence-corrected chi connectivity index (χ0v) is 12.9. The van der Waals surface area contributed by atoms with Gasteiger partial charge >= 0.3 is 6.18 Å². The van der Waals surface area contributed by atoms with Crippen LogP contribution in [0, 0.1) is 0 Å². The standard InChI is InChI=1S/C13H9F3N2O3S2/c14-13(15,16)12-9(4-5-22-12)23(20,21)18-8-3-1-2-7-6-10(19)17-11(7)8/h1-5,18H,6H2,(H,17,19). The van der Waals surface area contributed by atoms with Crippen LogP contribution >= 0.6 is 11.3 Å². The van der Waals surface area contributed by atoms with E-state index in [9.17, 15) is 26.4 Å². The Morgan fingerprint density at radius 2 is 1.96 bits per heavy atom. The van der Waals surface area contributed by atoms with Gasteiger partial charge in [-0.25, -0.2) is 8.42 Å². The molecule has 23 heavy (non-hydrogen) atoms. The molecule has 0 saturated heterocycles. The molecular weight excluding hydrogens is 353 g/mol. The lowest BCUT2D eigenvalue weighted by molar-refractivity contribution is -0.136. The van der Waals surface area contributed by atoms with Gasteiger partial charge in [-0.3, -0.25) is 9.52 Å². The Morgan fingerprint density at radius 1 is 1.22 bits per heavy atom. The van der Waals surface area contributed by atoms with Crippen LogP contribution in [0.1, 0.15) is 10.4 Å². The maximum absolute atomic E-state index is 12.9. The molecular formula is C13H9F3N2O3S2. The molecule has 122 valence electrons. The summed E-state index contributed by atoms with van der Waals surface area (Å²) in [5.41, 5.74) is 0.883. The highest BCUT2D eigenvalue weighted by Gasteiger charge is 2.39. The van der Waals surface area contributed by atoms with Crippen molar-refractivity contribution >= 4 is 38.6 Å². The number of alkyl halides is 3. The van der Waals surface area contributed by atoms with Crippen molar-refractivity contribution in [1.29, 1.82) is 0 Å². The first kappa shape index (κ1) is 15.8. The Kier molecular flexibility index (Phi) is 3.60. The normalized spacial score (nSPS) is 14.5. The molecule has 0 fully saturated rings. The zero-order valence-electron chi connectivity index (χ0n) is 11.3. The van der Waals surface area contributed by atoms with Gasteiger partial charge in [0.1, 0.15) is 9.77 Å². The number of carbonyl (C=O) groups is 1. The summed E-state index contributed by atoms with van der Waals surface area (Å²) in [5, 5.41) is 3.56. The first-order valence-corrected chi connectivity index (χ1v) is 8.64. The highest BCUT2D eigenvalue weighted by Crippen LogP contribution is 2.39. The van der Waals surface area contributed by atoms with E-state index >= 15 is 0 Å². The topological polar surface area (TPSA) is 75.3 Å². The highest BCUT2D eigenvalue weighted by molar-refractivity contribution is 7.93. The lowest BCUT2D eigenvalue weighted by atomic mass is 10.1. The van der Waals surface area contributed by atoms with Crippen LogP contribution in [0.4, 0.5) is 24.5 Å². The summed E-state index contributed by atoms with van der Waals surface area (Å²) in [6.45, 7) is 0. The van der Waals surface area contributed by atoms with Crippen molar-refractivity contribution in [3.63, 3.8) is 0 Å². The van der Waals surface area contributed by atoms with Gasteiger partial charge in [0, 0.05) is 0 Å². The van der Waals surface area contributed by atoms with Gasteiger partial charge in [0.05, 0.1) is 17.8 Å². The summed E-state index contributed by atoms with van der Waals surface area (Å²) < 4.78 is 65.4. The zero-order chi connectivity index (χ0) is 16.8. The van der Waals surface area contributed by atoms with E-state index in [0.717, 1.165) is 11.4 Å². The lowest BCUT2D eigenvalue weighted by Gasteiger charge is -2.13. The quantitative estimate of drug-likeness (QED) is 0.881. The molecule has 1 aromatic carbocycles. The number of carbonyl (C=O) groups excluding carboxylic acids is 1. The third-order valence-corrected chi connectivity index (χ3v) is 5.68. The SMILES string of the molecule is O=C1Cc2cccc(NS(=O)(=O)c3ccsc3C(F)(F)F)c2N1. The van der Waals surface area contributed by atoms with Crippen molar-refractivity contribution in [2.45, 2.75) is 17.5 Å². The Hall–Kier alpha value is -2.07. The summed E-state index contributed by atoms with van der Waals surface area (Å²) >= 11 is 0.306. The first-order valence-electron chi connectivity index (χ1n) is 6.28. The van der Waals surface area contributed by atoms with Crippen molar-refractivity contribution in [1.82, 2.24) is 0 Å². The molecule has 1 aromatic heterocycles. The minimum Gasteiger partial charge on any atom is -0.324 e. The van der Waals surface area contributed by atoms with Crippen LogP contribution in [0.15, 0.2) is 34.5 Å². The van der Waals surface area contributed by atoms with Crippen LogP contribution in [0.5, 0.6) is 0 Å². The van der Waals surface area contributed by atoms with E-state index in [-0.39, 0.29) is 23.7 Å². The van der Waals surface area contributed by atoms with Crippen molar-refractivity contribution in [2.24, 2.45) is 0 Å². The second-order valence-electron chi connectivity index (χ2n) is 4.78. The molecule has 1 aliphatic rings. The molecule has 5 nitrogen and oxygen atoms in total. The summed E-state index contributed by atoms with van der Waals surface area (Å²) in [4.78, 5) is 9.37. The number of halogens is 3. The summed E-state index contributed by atoms with van der Waals surface area (Å²) in [5.74, 6) is -0.307. The average molecular weight is 362 g/mol. The number of benzene rings is 1. The van der Waals surface area contributed by atoms with Gasteiger partial charge < -0.3 is 5.32 Å². The Morgan fingerprint density at radius 3 is 2.65 bits per heavy atom. The molecule has 2 heterocycles. The summed E-state index contributed by atoms with van der Waals surface area (Å²) in [6, 6.07) is 5.44. The number of hydrogen-bond donors (Lipinski definition) is 2. The molecule has 0 saturated carbocycles. The number of anilines is 2. The van der Waals surface area contributed by atoms with Crippen LogP contribution in [-0.2, 0) is 27.4 Å². The Balaban J connectivity index is 2.00. The number of nitrogens with one attached hydrogen (secondary N) is 2. The maximum Gasteiger partial charge on any atom is 0.426 e. The third kappa shape index (κ3) is 2.91. The fraction of sp³-hybridized carbons (Fsp3) is 0.154. The van der Waals surface area contributed by atoms with Crippen LogP contribution < -0.4 is 10.0 Å². The Bertz CT molecular complexity index is 888. The number of rotatable bonds is 3. The minimum absolute atomic E-state index is 0.0349. The van der Waals surface area contributed by atoms with E-state index < -0.39 is 26.0 Å². The number of amides is 1. The molecule has 0 unspecified atom stereocenters. The number of para-hydroxylation sites is 1. The first-order chi connectivity index (χ1) is 10.7. The van der Waals surface area contributed by atoms with Gasteiger partial charge in [-0.1, -0.05) is 12.1 Å².